The van der Waals surface area contributed by atoms with Gasteiger partial charge < -0.3 is 5.32 Å². The molecule has 0 heterocycles. The van der Waals surface area contributed by atoms with Crippen LogP contribution in [0.4, 0.5) is 0 Å². The monoisotopic (exact) mass is 229 g/mol. The largest absolute Gasteiger partial charge is 0.307 e. The van der Waals surface area contributed by atoms with Gasteiger partial charge in [0.2, 0.25) is 0 Å². The van der Waals surface area contributed by atoms with E-state index >= 15 is 0 Å². The van der Waals surface area contributed by atoms with E-state index in [1.807, 2.05) is 0 Å². The Labute approximate surface area is 105 Å². The van der Waals surface area contributed by atoms with Crippen LogP contribution in [0.25, 0.3) is 0 Å². The minimum atomic E-state index is 0.603. The number of rotatable bonds is 5. The second-order valence-corrected chi connectivity index (χ2v) is 6.02. The molecular formula is C16H23N. The third-order valence-corrected chi connectivity index (χ3v) is 4.30. The molecule has 0 saturated heterocycles. The standard InChI is InChI=1S/C16H23N/c1-11-3-5-14(6-4-11)16(15-9-10-15)17-12(2)13-7-8-13/h3-6,12-13,15-17H,7-10H2,1-2H3. The molecule has 17 heavy (non-hydrogen) atoms. The van der Waals surface area contributed by atoms with E-state index in [1.165, 1.54) is 36.8 Å². The van der Waals surface area contributed by atoms with Crippen LogP contribution in [0.1, 0.15) is 49.8 Å². The fourth-order valence-corrected chi connectivity index (χ4v) is 2.72. The maximum atomic E-state index is 3.88. The highest BCUT2D eigenvalue weighted by Crippen LogP contribution is 2.43. The molecule has 2 saturated carbocycles. The highest BCUT2D eigenvalue weighted by atomic mass is 15.0. The zero-order chi connectivity index (χ0) is 11.8. The third kappa shape index (κ3) is 2.71. The smallest absolute Gasteiger partial charge is 0.0351 e. The Bertz CT molecular complexity index is 373. The molecule has 0 spiro atoms. The van der Waals surface area contributed by atoms with Crippen molar-refractivity contribution < 1.29 is 0 Å². The number of aryl methyl sites for hydroxylation is 1. The third-order valence-electron chi connectivity index (χ3n) is 4.30. The van der Waals surface area contributed by atoms with Gasteiger partial charge in [-0.3, -0.25) is 0 Å². The first-order chi connectivity index (χ1) is 8.24. The van der Waals surface area contributed by atoms with Gasteiger partial charge in [-0.05, 0) is 56.9 Å². The second kappa shape index (κ2) is 4.45. The van der Waals surface area contributed by atoms with Gasteiger partial charge in [0.05, 0.1) is 0 Å². The van der Waals surface area contributed by atoms with Crippen molar-refractivity contribution in [1.29, 1.82) is 0 Å². The maximum Gasteiger partial charge on any atom is 0.0351 e. The van der Waals surface area contributed by atoms with Gasteiger partial charge in [-0.1, -0.05) is 29.8 Å². The van der Waals surface area contributed by atoms with Crippen LogP contribution >= 0.6 is 0 Å². The number of nitrogens with one attached hydrogen (secondary N) is 1. The van der Waals surface area contributed by atoms with E-state index in [2.05, 4.69) is 43.4 Å². The molecule has 1 nitrogen and oxygen atoms in total. The fraction of sp³-hybridized carbons (Fsp3) is 0.625. The lowest BCUT2D eigenvalue weighted by Gasteiger charge is -2.24. The molecule has 2 fully saturated rings. The lowest BCUT2D eigenvalue weighted by Crippen LogP contribution is -2.33. The number of hydrogen-bond acceptors (Lipinski definition) is 1. The van der Waals surface area contributed by atoms with Gasteiger partial charge in [-0.2, -0.15) is 0 Å². The van der Waals surface area contributed by atoms with Gasteiger partial charge >= 0.3 is 0 Å². The molecule has 1 N–H and O–H groups in total. The van der Waals surface area contributed by atoms with Gasteiger partial charge in [-0.25, -0.2) is 0 Å². The lowest BCUT2D eigenvalue weighted by atomic mass is 9.99. The first kappa shape index (κ1) is 11.3. The van der Waals surface area contributed by atoms with Crippen LogP contribution in [0.2, 0.25) is 0 Å². The van der Waals surface area contributed by atoms with Gasteiger partial charge in [0.1, 0.15) is 0 Å². The first-order valence-corrected chi connectivity index (χ1v) is 7.06. The van der Waals surface area contributed by atoms with Crippen LogP contribution in [0.3, 0.4) is 0 Å². The van der Waals surface area contributed by atoms with E-state index in [9.17, 15) is 0 Å². The average molecular weight is 229 g/mol. The van der Waals surface area contributed by atoms with Crippen molar-refractivity contribution in [3.63, 3.8) is 0 Å². The zero-order valence-electron chi connectivity index (χ0n) is 10.9. The van der Waals surface area contributed by atoms with Crippen LogP contribution in [0.15, 0.2) is 24.3 Å². The maximum absolute atomic E-state index is 3.88. The average Bonchev–Trinajstić information content (AvgIpc) is 3.18. The normalized spacial score (nSPS) is 23.4. The van der Waals surface area contributed by atoms with E-state index in [4.69, 9.17) is 0 Å². The molecule has 0 aliphatic heterocycles. The summed E-state index contributed by atoms with van der Waals surface area (Å²) in [5.41, 5.74) is 2.85. The van der Waals surface area contributed by atoms with Crippen LogP contribution < -0.4 is 5.32 Å². The summed E-state index contributed by atoms with van der Waals surface area (Å²) in [6, 6.07) is 10.4. The van der Waals surface area contributed by atoms with Crippen molar-refractivity contribution in [3.8, 4) is 0 Å². The summed E-state index contributed by atoms with van der Waals surface area (Å²) in [6.45, 7) is 4.53. The Morgan fingerprint density at radius 1 is 1.00 bits per heavy atom. The molecule has 0 radical (unpaired) electrons. The second-order valence-electron chi connectivity index (χ2n) is 6.02. The predicted octanol–water partition coefficient (Wildman–Crippen LogP) is 3.83. The van der Waals surface area contributed by atoms with E-state index in [0.29, 0.717) is 12.1 Å². The highest BCUT2D eigenvalue weighted by molar-refractivity contribution is 5.25. The van der Waals surface area contributed by atoms with Crippen LogP contribution in [-0.2, 0) is 0 Å². The van der Waals surface area contributed by atoms with Crippen molar-refractivity contribution in [2.24, 2.45) is 11.8 Å². The number of benzene rings is 1. The summed E-state index contributed by atoms with van der Waals surface area (Å²) in [7, 11) is 0. The van der Waals surface area contributed by atoms with Crippen LogP contribution in [0.5, 0.6) is 0 Å². The van der Waals surface area contributed by atoms with Crippen molar-refractivity contribution in [3.05, 3.63) is 35.4 Å². The minimum absolute atomic E-state index is 0.603. The zero-order valence-corrected chi connectivity index (χ0v) is 10.9. The fourth-order valence-electron chi connectivity index (χ4n) is 2.72. The summed E-state index contributed by atoms with van der Waals surface area (Å²) in [6.07, 6.45) is 5.67. The van der Waals surface area contributed by atoms with Crippen molar-refractivity contribution in [2.75, 3.05) is 0 Å². The Kier molecular flexibility index (Phi) is 2.96. The molecule has 2 atom stereocenters. The first-order valence-electron chi connectivity index (χ1n) is 7.06. The molecule has 2 aliphatic carbocycles. The van der Waals surface area contributed by atoms with Gasteiger partial charge in [-0.15, -0.1) is 0 Å². The molecule has 2 unspecified atom stereocenters. The lowest BCUT2D eigenvalue weighted by molar-refractivity contribution is 0.392. The van der Waals surface area contributed by atoms with Crippen molar-refractivity contribution in [1.82, 2.24) is 5.32 Å². The molecule has 0 amide bonds. The molecule has 1 aromatic rings. The van der Waals surface area contributed by atoms with Crippen LogP contribution in [0, 0.1) is 18.8 Å². The van der Waals surface area contributed by atoms with Crippen LogP contribution in [-0.4, -0.2) is 6.04 Å². The molecule has 0 bridgehead atoms. The summed E-state index contributed by atoms with van der Waals surface area (Å²) in [5, 5.41) is 3.88. The Morgan fingerprint density at radius 2 is 1.59 bits per heavy atom. The summed E-state index contributed by atoms with van der Waals surface area (Å²) in [4.78, 5) is 0. The molecule has 1 aromatic carbocycles. The molecule has 1 heteroatoms. The SMILES string of the molecule is Cc1ccc(C(NC(C)C2CC2)C2CC2)cc1. The number of hydrogen-bond donors (Lipinski definition) is 1. The van der Waals surface area contributed by atoms with E-state index < -0.39 is 0 Å². The molecule has 0 aromatic heterocycles. The molecule has 3 rings (SSSR count). The highest BCUT2D eigenvalue weighted by Gasteiger charge is 2.36. The summed E-state index contributed by atoms with van der Waals surface area (Å²) < 4.78 is 0. The van der Waals surface area contributed by atoms with Gasteiger partial charge in [0.25, 0.3) is 0 Å². The Morgan fingerprint density at radius 3 is 2.12 bits per heavy atom. The Hall–Kier alpha value is -0.820. The summed E-state index contributed by atoms with van der Waals surface area (Å²) >= 11 is 0. The van der Waals surface area contributed by atoms with Crippen molar-refractivity contribution in [2.45, 2.75) is 51.6 Å². The summed E-state index contributed by atoms with van der Waals surface area (Å²) in [5.74, 6) is 1.83. The molecule has 92 valence electrons. The quantitative estimate of drug-likeness (QED) is 0.809. The predicted molar refractivity (Wildman–Crippen MR) is 72.0 cm³/mol. The topological polar surface area (TPSA) is 12.0 Å². The van der Waals surface area contributed by atoms with Crippen molar-refractivity contribution >= 4 is 0 Å². The van der Waals surface area contributed by atoms with E-state index in [1.54, 1.807) is 0 Å². The van der Waals surface area contributed by atoms with E-state index in [0.717, 1.165) is 11.8 Å². The molecule has 2 aliphatic rings. The molecular weight excluding hydrogens is 206 g/mol. The van der Waals surface area contributed by atoms with Gasteiger partial charge in [0.15, 0.2) is 0 Å². The minimum Gasteiger partial charge on any atom is -0.307 e. The van der Waals surface area contributed by atoms with Gasteiger partial charge in [0, 0.05) is 12.1 Å². The van der Waals surface area contributed by atoms with E-state index in [-0.39, 0.29) is 0 Å². The Balaban J connectivity index is 1.72.